The Hall–Kier alpha value is -1.06. The fraction of sp³-hybridized carbons (Fsp3) is 0.600. The van der Waals surface area contributed by atoms with Crippen molar-refractivity contribution < 1.29 is 9.84 Å². The minimum Gasteiger partial charge on any atom is -0.496 e. The Kier molecular flexibility index (Phi) is 4.25. The molecule has 1 fully saturated rings. The van der Waals surface area contributed by atoms with Crippen molar-refractivity contribution in [3.8, 4) is 5.75 Å². The highest BCUT2D eigenvalue weighted by molar-refractivity contribution is 5.46. The molecule has 0 spiro atoms. The summed E-state index contributed by atoms with van der Waals surface area (Å²) in [7, 11) is 1.68. The summed E-state index contributed by atoms with van der Waals surface area (Å²) in [6, 6.07) is 4.06. The minimum atomic E-state index is -0.438. The third-order valence-corrected chi connectivity index (χ3v) is 4.01. The van der Waals surface area contributed by atoms with Gasteiger partial charge in [-0.05, 0) is 44.4 Å². The quantitative estimate of drug-likeness (QED) is 0.864. The maximum atomic E-state index is 10.6. The van der Waals surface area contributed by atoms with Gasteiger partial charge in [0.05, 0.1) is 13.2 Å². The van der Waals surface area contributed by atoms with E-state index in [9.17, 15) is 5.11 Å². The van der Waals surface area contributed by atoms with Crippen LogP contribution in [0.5, 0.6) is 5.75 Å². The Bertz CT molecular complexity index is 411. The first-order valence-electron chi connectivity index (χ1n) is 6.68. The molecule has 0 aliphatic carbocycles. The Morgan fingerprint density at radius 2 is 2.17 bits per heavy atom. The van der Waals surface area contributed by atoms with E-state index in [1.807, 2.05) is 13.0 Å². The molecular formula is C15H23NO2. The van der Waals surface area contributed by atoms with Gasteiger partial charge in [0, 0.05) is 18.0 Å². The molecule has 2 N–H and O–H groups in total. The number of methoxy groups -OCH3 is 1. The maximum absolute atomic E-state index is 10.6. The topological polar surface area (TPSA) is 41.5 Å². The predicted molar refractivity (Wildman–Crippen MR) is 73.0 cm³/mol. The maximum Gasteiger partial charge on any atom is 0.127 e. The SMILES string of the molecule is COc1c(C(O)C2CCCNC2)ccc(C)c1C. The van der Waals surface area contributed by atoms with Crippen molar-refractivity contribution in [3.63, 3.8) is 0 Å². The zero-order valence-electron chi connectivity index (χ0n) is 11.5. The average molecular weight is 249 g/mol. The molecule has 2 unspecified atom stereocenters. The summed E-state index contributed by atoms with van der Waals surface area (Å²) < 4.78 is 5.49. The fourth-order valence-electron chi connectivity index (χ4n) is 2.72. The van der Waals surface area contributed by atoms with Gasteiger partial charge in [0.1, 0.15) is 5.75 Å². The number of hydrogen-bond acceptors (Lipinski definition) is 3. The molecule has 100 valence electrons. The number of aliphatic hydroxyl groups excluding tert-OH is 1. The van der Waals surface area contributed by atoms with Crippen molar-refractivity contribution in [2.75, 3.05) is 20.2 Å². The van der Waals surface area contributed by atoms with E-state index in [1.165, 1.54) is 5.56 Å². The average Bonchev–Trinajstić information content (AvgIpc) is 2.42. The number of piperidine rings is 1. The van der Waals surface area contributed by atoms with Crippen molar-refractivity contribution >= 4 is 0 Å². The van der Waals surface area contributed by atoms with Gasteiger partial charge in [0.2, 0.25) is 0 Å². The summed E-state index contributed by atoms with van der Waals surface area (Å²) in [5, 5.41) is 13.9. The van der Waals surface area contributed by atoms with Gasteiger partial charge in [-0.25, -0.2) is 0 Å². The third kappa shape index (κ3) is 2.52. The first kappa shape index (κ1) is 13.4. The first-order valence-corrected chi connectivity index (χ1v) is 6.68. The number of rotatable bonds is 3. The lowest BCUT2D eigenvalue weighted by Gasteiger charge is -2.29. The lowest BCUT2D eigenvalue weighted by atomic mass is 9.87. The van der Waals surface area contributed by atoms with Gasteiger partial charge >= 0.3 is 0 Å². The molecule has 0 bridgehead atoms. The van der Waals surface area contributed by atoms with Crippen LogP contribution in [-0.4, -0.2) is 25.3 Å². The Morgan fingerprint density at radius 3 is 2.78 bits per heavy atom. The zero-order chi connectivity index (χ0) is 13.1. The van der Waals surface area contributed by atoms with E-state index < -0.39 is 6.10 Å². The summed E-state index contributed by atoms with van der Waals surface area (Å²) in [5.74, 6) is 1.13. The molecule has 2 atom stereocenters. The van der Waals surface area contributed by atoms with E-state index in [1.54, 1.807) is 7.11 Å². The highest BCUT2D eigenvalue weighted by atomic mass is 16.5. The molecule has 1 aliphatic rings. The number of nitrogens with one attached hydrogen (secondary N) is 1. The Morgan fingerprint density at radius 1 is 1.39 bits per heavy atom. The van der Waals surface area contributed by atoms with E-state index >= 15 is 0 Å². The van der Waals surface area contributed by atoms with Crippen LogP contribution in [-0.2, 0) is 0 Å². The largest absolute Gasteiger partial charge is 0.496 e. The van der Waals surface area contributed by atoms with E-state index in [-0.39, 0.29) is 5.92 Å². The Balaban J connectivity index is 2.28. The second-order valence-corrected chi connectivity index (χ2v) is 5.18. The molecule has 0 radical (unpaired) electrons. The van der Waals surface area contributed by atoms with Crippen molar-refractivity contribution in [1.29, 1.82) is 0 Å². The van der Waals surface area contributed by atoms with Gasteiger partial charge in [-0.15, -0.1) is 0 Å². The van der Waals surface area contributed by atoms with E-state index in [0.717, 1.165) is 42.8 Å². The molecule has 2 rings (SSSR count). The number of hydrogen-bond donors (Lipinski definition) is 2. The number of aliphatic hydroxyl groups is 1. The lowest BCUT2D eigenvalue weighted by Crippen LogP contribution is -2.33. The molecule has 0 aromatic heterocycles. The number of benzene rings is 1. The van der Waals surface area contributed by atoms with Gasteiger partial charge in [-0.2, -0.15) is 0 Å². The molecule has 0 saturated carbocycles. The summed E-state index contributed by atoms with van der Waals surface area (Å²) in [5.41, 5.74) is 3.25. The van der Waals surface area contributed by atoms with Crippen LogP contribution in [0.2, 0.25) is 0 Å². The number of ether oxygens (including phenoxy) is 1. The molecule has 1 heterocycles. The van der Waals surface area contributed by atoms with E-state index in [0.29, 0.717) is 0 Å². The molecule has 1 aliphatic heterocycles. The van der Waals surface area contributed by atoms with Crippen molar-refractivity contribution in [2.45, 2.75) is 32.8 Å². The molecule has 0 amide bonds. The van der Waals surface area contributed by atoms with Crippen molar-refractivity contribution in [1.82, 2.24) is 5.32 Å². The molecule has 18 heavy (non-hydrogen) atoms. The molecule has 1 aromatic rings. The highest BCUT2D eigenvalue weighted by Crippen LogP contribution is 2.36. The molecule has 1 aromatic carbocycles. The molecule has 3 heteroatoms. The first-order chi connectivity index (χ1) is 8.65. The molecule has 3 nitrogen and oxygen atoms in total. The van der Waals surface area contributed by atoms with Crippen LogP contribution >= 0.6 is 0 Å². The molecular weight excluding hydrogens is 226 g/mol. The summed E-state index contributed by atoms with van der Waals surface area (Å²) in [6.45, 7) is 6.06. The summed E-state index contributed by atoms with van der Waals surface area (Å²) in [6.07, 6.45) is 1.77. The predicted octanol–water partition coefficient (Wildman–Crippen LogP) is 2.35. The van der Waals surface area contributed by atoms with Gasteiger partial charge in [-0.1, -0.05) is 12.1 Å². The van der Waals surface area contributed by atoms with Crippen molar-refractivity contribution in [3.05, 3.63) is 28.8 Å². The van der Waals surface area contributed by atoms with E-state index in [4.69, 9.17) is 4.74 Å². The van der Waals surface area contributed by atoms with Crippen LogP contribution in [0.4, 0.5) is 0 Å². The summed E-state index contributed by atoms with van der Waals surface area (Å²) in [4.78, 5) is 0. The second-order valence-electron chi connectivity index (χ2n) is 5.18. The van der Waals surface area contributed by atoms with Gasteiger partial charge in [0.25, 0.3) is 0 Å². The summed E-state index contributed by atoms with van der Waals surface area (Å²) >= 11 is 0. The normalized spacial score (nSPS) is 21.7. The van der Waals surface area contributed by atoms with Gasteiger partial charge < -0.3 is 15.2 Å². The Labute approximate surface area is 109 Å². The highest BCUT2D eigenvalue weighted by Gasteiger charge is 2.26. The van der Waals surface area contributed by atoms with Gasteiger partial charge in [-0.3, -0.25) is 0 Å². The number of aryl methyl sites for hydroxylation is 1. The zero-order valence-corrected chi connectivity index (χ0v) is 11.5. The van der Waals surface area contributed by atoms with Crippen LogP contribution in [0.15, 0.2) is 12.1 Å². The molecule has 1 saturated heterocycles. The van der Waals surface area contributed by atoms with Crippen LogP contribution in [0.25, 0.3) is 0 Å². The fourth-order valence-corrected chi connectivity index (χ4v) is 2.72. The standard InChI is InChI=1S/C15H23NO2/c1-10-6-7-13(15(18-3)11(10)2)14(17)12-5-4-8-16-9-12/h6-7,12,14,16-17H,4-5,8-9H2,1-3H3. The van der Waals surface area contributed by atoms with Crippen LogP contribution in [0.1, 0.15) is 35.6 Å². The second kappa shape index (κ2) is 5.72. The van der Waals surface area contributed by atoms with Crippen molar-refractivity contribution in [2.24, 2.45) is 5.92 Å². The van der Waals surface area contributed by atoms with Crippen LogP contribution in [0, 0.1) is 19.8 Å². The third-order valence-electron chi connectivity index (χ3n) is 4.01. The lowest BCUT2D eigenvalue weighted by molar-refractivity contribution is 0.0895. The van der Waals surface area contributed by atoms with E-state index in [2.05, 4.69) is 18.3 Å². The van der Waals surface area contributed by atoms with Gasteiger partial charge in [0.15, 0.2) is 0 Å². The smallest absolute Gasteiger partial charge is 0.127 e. The monoisotopic (exact) mass is 249 g/mol. The van der Waals surface area contributed by atoms with Crippen LogP contribution in [0.3, 0.4) is 0 Å². The van der Waals surface area contributed by atoms with Crippen LogP contribution < -0.4 is 10.1 Å². The minimum absolute atomic E-state index is 0.287.